The van der Waals surface area contributed by atoms with Gasteiger partial charge in [0.25, 0.3) is 5.91 Å². The minimum absolute atomic E-state index is 0.127. The molecule has 0 bridgehead atoms. The molecule has 0 fully saturated rings. The second-order valence-corrected chi connectivity index (χ2v) is 11.5. The fourth-order valence-electron chi connectivity index (χ4n) is 3.78. The van der Waals surface area contributed by atoms with Gasteiger partial charge in [0.1, 0.15) is 0 Å². The number of thioether (sulfide) groups is 1. The molecule has 0 aromatic heterocycles. The molecule has 7 heteroatoms. The summed E-state index contributed by atoms with van der Waals surface area (Å²) in [6.07, 6.45) is 1.22. The van der Waals surface area contributed by atoms with Crippen LogP contribution in [0.3, 0.4) is 0 Å². The topological polar surface area (TPSA) is 66.5 Å². The molecule has 0 aliphatic rings. The lowest BCUT2D eigenvalue weighted by atomic mass is 10.1. The molecule has 0 aliphatic carbocycles. The van der Waals surface area contributed by atoms with E-state index in [1.54, 1.807) is 23.9 Å². The van der Waals surface area contributed by atoms with Crippen LogP contribution in [0.25, 0.3) is 0 Å². The zero-order valence-corrected chi connectivity index (χ0v) is 21.8. The first-order valence-electron chi connectivity index (χ1n) is 11.2. The zero-order valence-electron chi connectivity index (χ0n) is 20.2. The molecule has 34 heavy (non-hydrogen) atoms. The molecular formula is C27H32N2O3S2. The number of hydrogen-bond donors (Lipinski definition) is 1. The quantitative estimate of drug-likeness (QED) is 0.390. The number of nitrogens with one attached hydrogen (secondary N) is 1. The third-order valence-electron chi connectivity index (χ3n) is 5.68. The Labute approximate surface area is 207 Å². The summed E-state index contributed by atoms with van der Waals surface area (Å²) < 4.78 is 26.5. The summed E-state index contributed by atoms with van der Waals surface area (Å²) in [7, 11) is -3.48. The van der Waals surface area contributed by atoms with Gasteiger partial charge in [0.15, 0.2) is 0 Å². The lowest BCUT2D eigenvalue weighted by molar-refractivity contribution is 0.0956. The number of anilines is 1. The second kappa shape index (κ2) is 11.6. The number of carbonyl (C=O) groups excluding carboxylic acids is 1. The van der Waals surface area contributed by atoms with Gasteiger partial charge in [-0.1, -0.05) is 54.6 Å². The van der Waals surface area contributed by atoms with Crippen molar-refractivity contribution < 1.29 is 13.2 Å². The molecule has 0 radical (unpaired) electrons. The molecule has 3 aromatic rings. The summed E-state index contributed by atoms with van der Waals surface area (Å²) >= 11 is 1.79. The number of nitrogens with zero attached hydrogens (tertiary/aromatic N) is 1. The first-order chi connectivity index (χ1) is 16.2. The Hall–Kier alpha value is -2.77. The number of benzene rings is 3. The standard InChI is InChI=1S/C27H32N2O3S2/c1-20-8-5-6-11-25(20)19-33-17-16-28-27(30)24-14-12-23(13-15-24)18-29(34(4,31)32)26-21(2)9-7-10-22(26)3/h5-15H,16-19H2,1-4H3,(H,28,30). The smallest absolute Gasteiger partial charge is 0.251 e. The second-order valence-electron chi connectivity index (χ2n) is 8.44. The highest BCUT2D eigenvalue weighted by molar-refractivity contribution is 7.98. The summed E-state index contributed by atoms with van der Waals surface area (Å²) in [6, 6.07) is 21.2. The van der Waals surface area contributed by atoms with E-state index in [4.69, 9.17) is 0 Å². The fourth-order valence-corrected chi connectivity index (χ4v) is 5.72. The van der Waals surface area contributed by atoms with Gasteiger partial charge in [0.2, 0.25) is 10.0 Å². The van der Waals surface area contributed by atoms with Crippen molar-refractivity contribution in [2.45, 2.75) is 33.1 Å². The summed E-state index contributed by atoms with van der Waals surface area (Å²) in [6.45, 7) is 6.73. The van der Waals surface area contributed by atoms with Gasteiger partial charge in [-0.25, -0.2) is 8.42 Å². The van der Waals surface area contributed by atoms with Gasteiger partial charge < -0.3 is 5.32 Å². The average Bonchev–Trinajstić information content (AvgIpc) is 2.79. The number of amides is 1. The molecule has 3 rings (SSSR count). The van der Waals surface area contributed by atoms with Crippen LogP contribution < -0.4 is 9.62 Å². The number of aryl methyl sites for hydroxylation is 3. The zero-order chi connectivity index (χ0) is 24.7. The largest absolute Gasteiger partial charge is 0.351 e. The Morgan fingerprint density at radius 3 is 2.12 bits per heavy atom. The molecular weight excluding hydrogens is 464 g/mol. The summed E-state index contributed by atoms with van der Waals surface area (Å²) in [5.41, 5.74) is 6.49. The van der Waals surface area contributed by atoms with Crippen LogP contribution in [0.15, 0.2) is 66.7 Å². The molecule has 1 amide bonds. The van der Waals surface area contributed by atoms with Gasteiger partial charge in [0.05, 0.1) is 18.5 Å². The molecule has 0 atom stereocenters. The number of carbonyl (C=O) groups is 1. The third-order valence-corrected chi connectivity index (χ3v) is 7.80. The van der Waals surface area contributed by atoms with E-state index in [2.05, 4.69) is 24.4 Å². The molecule has 180 valence electrons. The van der Waals surface area contributed by atoms with Crippen LogP contribution >= 0.6 is 11.8 Å². The SMILES string of the molecule is Cc1ccccc1CSCCNC(=O)c1ccc(CN(c2c(C)cccc2C)S(C)(=O)=O)cc1. The molecule has 5 nitrogen and oxygen atoms in total. The van der Waals surface area contributed by atoms with Crippen molar-refractivity contribution in [3.63, 3.8) is 0 Å². The summed E-state index contributed by atoms with van der Waals surface area (Å²) in [5, 5.41) is 2.96. The van der Waals surface area contributed by atoms with E-state index in [9.17, 15) is 13.2 Å². The van der Waals surface area contributed by atoms with E-state index >= 15 is 0 Å². The normalized spacial score (nSPS) is 11.3. The van der Waals surface area contributed by atoms with Gasteiger partial charge in [0, 0.05) is 23.6 Å². The van der Waals surface area contributed by atoms with Gasteiger partial charge in [-0.2, -0.15) is 11.8 Å². The van der Waals surface area contributed by atoms with Gasteiger partial charge >= 0.3 is 0 Å². The number of sulfonamides is 1. The molecule has 0 saturated heterocycles. The maximum Gasteiger partial charge on any atom is 0.251 e. The molecule has 0 saturated carbocycles. The molecule has 1 N–H and O–H groups in total. The Balaban J connectivity index is 1.57. The van der Waals surface area contributed by atoms with Crippen molar-refractivity contribution in [3.8, 4) is 0 Å². The minimum atomic E-state index is -3.48. The third kappa shape index (κ3) is 6.87. The maximum atomic E-state index is 12.6. The maximum absolute atomic E-state index is 12.6. The van der Waals surface area contributed by atoms with Crippen molar-refractivity contribution in [2.24, 2.45) is 0 Å². The van der Waals surface area contributed by atoms with Crippen LogP contribution in [0.4, 0.5) is 5.69 Å². The molecule has 0 heterocycles. The summed E-state index contributed by atoms with van der Waals surface area (Å²) in [5.74, 6) is 1.63. The Kier molecular flexibility index (Phi) is 8.80. The van der Waals surface area contributed by atoms with E-state index < -0.39 is 10.0 Å². The van der Waals surface area contributed by atoms with E-state index in [-0.39, 0.29) is 12.5 Å². The molecule has 0 spiro atoms. The van der Waals surface area contributed by atoms with Crippen LogP contribution in [-0.2, 0) is 22.3 Å². The highest BCUT2D eigenvalue weighted by Gasteiger charge is 2.21. The molecule has 0 unspecified atom stereocenters. The van der Waals surface area contributed by atoms with Crippen molar-refractivity contribution >= 4 is 33.4 Å². The van der Waals surface area contributed by atoms with Crippen LogP contribution in [0.1, 0.15) is 38.2 Å². The van der Waals surface area contributed by atoms with Crippen LogP contribution in [0, 0.1) is 20.8 Å². The summed E-state index contributed by atoms with van der Waals surface area (Å²) in [4.78, 5) is 12.5. The molecule has 3 aromatic carbocycles. The average molecular weight is 497 g/mol. The van der Waals surface area contributed by atoms with Gasteiger partial charge in [-0.3, -0.25) is 9.10 Å². The lowest BCUT2D eigenvalue weighted by Crippen LogP contribution is -2.30. The first-order valence-corrected chi connectivity index (χ1v) is 14.2. The van der Waals surface area contributed by atoms with E-state index in [0.717, 1.165) is 28.2 Å². The Morgan fingerprint density at radius 2 is 1.50 bits per heavy atom. The highest BCUT2D eigenvalue weighted by atomic mass is 32.2. The van der Waals surface area contributed by atoms with Crippen LogP contribution in [0.2, 0.25) is 0 Å². The highest BCUT2D eigenvalue weighted by Crippen LogP contribution is 2.28. The predicted octanol–water partition coefficient (Wildman–Crippen LogP) is 5.24. The number of para-hydroxylation sites is 1. The Bertz CT molecular complexity index is 1220. The van der Waals surface area contributed by atoms with Crippen LogP contribution in [0.5, 0.6) is 0 Å². The fraction of sp³-hybridized carbons (Fsp3) is 0.296. The lowest BCUT2D eigenvalue weighted by Gasteiger charge is -2.26. The Morgan fingerprint density at radius 1 is 0.882 bits per heavy atom. The van der Waals surface area contributed by atoms with Crippen molar-refractivity contribution in [3.05, 3.63) is 100 Å². The van der Waals surface area contributed by atoms with Crippen LogP contribution in [-0.4, -0.2) is 32.9 Å². The minimum Gasteiger partial charge on any atom is -0.351 e. The van der Waals surface area contributed by atoms with Gasteiger partial charge in [-0.15, -0.1) is 0 Å². The van der Waals surface area contributed by atoms with E-state index in [1.807, 2.05) is 56.3 Å². The monoisotopic (exact) mass is 496 g/mol. The van der Waals surface area contributed by atoms with E-state index in [0.29, 0.717) is 17.8 Å². The predicted molar refractivity (Wildman–Crippen MR) is 143 cm³/mol. The van der Waals surface area contributed by atoms with Gasteiger partial charge in [-0.05, 0) is 60.7 Å². The molecule has 0 aliphatic heterocycles. The van der Waals surface area contributed by atoms with Crippen molar-refractivity contribution in [1.82, 2.24) is 5.32 Å². The number of rotatable bonds is 10. The first kappa shape index (κ1) is 25.8. The van der Waals surface area contributed by atoms with E-state index in [1.165, 1.54) is 21.7 Å². The van der Waals surface area contributed by atoms with Crippen molar-refractivity contribution in [1.29, 1.82) is 0 Å². The number of hydrogen-bond acceptors (Lipinski definition) is 4. The van der Waals surface area contributed by atoms with Crippen molar-refractivity contribution in [2.75, 3.05) is 22.9 Å².